The van der Waals surface area contributed by atoms with Gasteiger partial charge in [-0.2, -0.15) is 0 Å². The van der Waals surface area contributed by atoms with Crippen molar-refractivity contribution in [1.82, 2.24) is 0 Å². The summed E-state index contributed by atoms with van der Waals surface area (Å²) in [6.07, 6.45) is 0. The number of nitrogens with zero attached hydrogens (tertiary/aromatic N) is 1. The van der Waals surface area contributed by atoms with Crippen molar-refractivity contribution in [2.75, 3.05) is 11.4 Å². The standard InChI is InChI=1S/C20H17F2N/c1-13-11-23(12-14-6-8-17(21)18(22)10-14)19-9-7-15-4-2-3-5-16(15)20(13)19/h2-10,13H,11-12H2,1H3. The molecule has 1 heterocycles. The molecule has 23 heavy (non-hydrogen) atoms. The fourth-order valence-corrected chi connectivity index (χ4v) is 3.61. The number of halogens is 2. The molecule has 1 aliphatic heterocycles. The maximum absolute atomic E-state index is 13.4. The lowest BCUT2D eigenvalue weighted by Gasteiger charge is -2.20. The summed E-state index contributed by atoms with van der Waals surface area (Å²) in [5.74, 6) is -1.16. The van der Waals surface area contributed by atoms with Crippen molar-refractivity contribution in [2.24, 2.45) is 0 Å². The number of rotatable bonds is 2. The predicted octanol–water partition coefficient (Wildman–Crippen LogP) is 5.24. The Morgan fingerprint density at radius 1 is 1.00 bits per heavy atom. The summed E-state index contributed by atoms with van der Waals surface area (Å²) in [5, 5.41) is 2.53. The first kappa shape index (κ1) is 14.2. The maximum atomic E-state index is 13.4. The Balaban J connectivity index is 1.74. The maximum Gasteiger partial charge on any atom is 0.159 e. The molecule has 0 bridgehead atoms. The van der Waals surface area contributed by atoms with Crippen LogP contribution < -0.4 is 4.90 Å². The number of benzene rings is 3. The van der Waals surface area contributed by atoms with Crippen LogP contribution in [-0.2, 0) is 6.54 Å². The van der Waals surface area contributed by atoms with Crippen molar-refractivity contribution >= 4 is 16.5 Å². The number of fused-ring (bicyclic) bond motifs is 3. The SMILES string of the molecule is CC1CN(Cc2ccc(F)c(F)c2)c2ccc3ccccc3c21. The molecule has 0 radical (unpaired) electrons. The molecule has 0 aromatic heterocycles. The first-order valence-corrected chi connectivity index (χ1v) is 7.84. The molecule has 1 aliphatic rings. The van der Waals surface area contributed by atoms with Crippen LogP contribution in [0, 0.1) is 11.6 Å². The van der Waals surface area contributed by atoms with Crippen molar-refractivity contribution in [3.63, 3.8) is 0 Å². The highest BCUT2D eigenvalue weighted by atomic mass is 19.2. The second-order valence-electron chi connectivity index (χ2n) is 6.25. The molecule has 0 saturated heterocycles. The molecule has 1 atom stereocenters. The molecule has 0 saturated carbocycles. The van der Waals surface area contributed by atoms with Gasteiger partial charge in [-0.1, -0.05) is 43.3 Å². The van der Waals surface area contributed by atoms with Gasteiger partial charge in [-0.25, -0.2) is 8.78 Å². The van der Waals surface area contributed by atoms with Gasteiger partial charge in [0.15, 0.2) is 11.6 Å². The van der Waals surface area contributed by atoms with Gasteiger partial charge >= 0.3 is 0 Å². The zero-order valence-corrected chi connectivity index (χ0v) is 12.9. The highest BCUT2D eigenvalue weighted by molar-refractivity contribution is 5.92. The van der Waals surface area contributed by atoms with E-state index in [2.05, 4.69) is 42.2 Å². The molecule has 4 rings (SSSR count). The van der Waals surface area contributed by atoms with Crippen molar-refractivity contribution in [1.29, 1.82) is 0 Å². The number of anilines is 1. The van der Waals surface area contributed by atoms with E-state index in [-0.39, 0.29) is 0 Å². The van der Waals surface area contributed by atoms with Crippen LogP contribution >= 0.6 is 0 Å². The second-order valence-corrected chi connectivity index (χ2v) is 6.25. The lowest BCUT2D eigenvalue weighted by molar-refractivity contribution is 0.507. The quantitative estimate of drug-likeness (QED) is 0.625. The molecule has 0 aliphatic carbocycles. The van der Waals surface area contributed by atoms with Gasteiger partial charge in [-0.3, -0.25) is 0 Å². The summed E-state index contributed by atoms with van der Waals surface area (Å²) in [6, 6.07) is 16.8. The molecule has 1 nitrogen and oxygen atoms in total. The van der Waals surface area contributed by atoms with Gasteiger partial charge in [0.2, 0.25) is 0 Å². The fourth-order valence-electron chi connectivity index (χ4n) is 3.61. The Bertz CT molecular complexity index is 888. The Morgan fingerprint density at radius 2 is 1.83 bits per heavy atom. The van der Waals surface area contributed by atoms with Crippen LogP contribution in [0.15, 0.2) is 54.6 Å². The Morgan fingerprint density at radius 3 is 2.65 bits per heavy atom. The van der Waals surface area contributed by atoms with E-state index in [1.807, 2.05) is 6.07 Å². The van der Waals surface area contributed by atoms with E-state index in [0.717, 1.165) is 12.1 Å². The zero-order chi connectivity index (χ0) is 16.0. The van der Waals surface area contributed by atoms with Gasteiger partial charge in [0.25, 0.3) is 0 Å². The topological polar surface area (TPSA) is 3.24 Å². The first-order chi connectivity index (χ1) is 11.1. The smallest absolute Gasteiger partial charge is 0.159 e. The lowest BCUT2D eigenvalue weighted by atomic mass is 9.96. The second kappa shape index (κ2) is 5.34. The lowest BCUT2D eigenvalue weighted by Crippen LogP contribution is -2.20. The van der Waals surface area contributed by atoms with Crippen LogP contribution in [0.5, 0.6) is 0 Å². The van der Waals surface area contributed by atoms with E-state index in [1.54, 1.807) is 6.07 Å². The number of hydrogen-bond donors (Lipinski definition) is 0. The Labute approximate surface area is 134 Å². The van der Waals surface area contributed by atoms with Crippen LogP contribution in [0.1, 0.15) is 24.0 Å². The summed E-state index contributed by atoms with van der Waals surface area (Å²) in [4.78, 5) is 2.25. The number of hydrogen-bond acceptors (Lipinski definition) is 1. The fraction of sp³-hybridized carbons (Fsp3) is 0.200. The molecule has 3 aromatic carbocycles. The van der Waals surface area contributed by atoms with Gasteiger partial charge < -0.3 is 4.90 Å². The minimum absolute atomic E-state index is 0.418. The molecule has 3 heteroatoms. The van der Waals surface area contributed by atoms with Gasteiger partial charge in [-0.05, 0) is 40.1 Å². The van der Waals surface area contributed by atoms with Crippen LogP contribution in [0.2, 0.25) is 0 Å². The first-order valence-electron chi connectivity index (χ1n) is 7.84. The molecule has 0 amide bonds. The highest BCUT2D eigenvalue weighted by Gasteiger charge is 2.27. The van der Waals surface area contributed by atoms with Crippen molar-refractivity contribution in [3.05, 3.63) is 77.4 Å². The summed E-state index contributed by atoms with van der Waals surface area (Å²) < 4.78 is 26.5. The molecule has 3 aromatic rings. The van der Waals surface area contributed by atoms with Crippen molar-refractivity contribution < 1.29 is 8.78 Å². The summed E-state index contributed by atoms with van der Waals surface area (Å²) in [7, 11) is 0. The zero-order valence-electron chi connectivity index (χ0n) is 12.9. The highest BCUT2D eigenvalue weighted by Crippen LogP contribution is 2.41. The van der Waals surface area contributed by atoms with Crippen LogP contribution in [0.4, 0.5) is 14.5 Å². The Kier molecular flexibility index (Phi) is 3.29. The molecule has 0 N–H and O–H groups in total. The molecule has 116 valence electrons. The third-order valence-electron chi connectivity index (χ3n) is 4.63. The normalized spacial score (nSPS) is 16.8. The van der Waals surface area contributed by atoms with Crippen LogP contribution in [0.3, 0.4) is 0 Å². The largest absolute Gasteiger partial charge is 0.366 e. The van der Waals surface area contributed by atoms with E-state index >= 15 is 0 Å². The average Bonchev–Trinajstić information content (AvgIpc) is 2.87. The van der Waals surface area contributed by atoms with Crippen molar-refractivity contribution in [2.45, 2.75) is 19.4 Å². The van der Waals surface area contributed by atoms with E-state index in [0.29, 0.717) is 12.5 Å². The van der Waals surface area contributed by atoms with E-state index in [1.165, 1.54) is 34.2 Å². The van der Waals surface area contributed by atoms with Gasteiger partial charge in [-0.15, -0.1) is 0 Å². The van der Waals surface area contributed by atoms with Crippen LogP contribution in [0.25, 0.3) is 10.8 Å². The molecule has 0 spiro atoms. The summed E-state index contributed by atoms with van der Waals surface area (Å²) in [5.41, 5.74) is 3.34. The molecular weight excluding hydrogens is 292 g/mol. The van der Waals surface area contributed by atoms with E-state index in [4.69, 9.17) is 0 Å². The minimum Gasteiger partial charge on any atom is -0.366 e. The average molecular weight is 309 g/mol. The van der Waals surface area contributed by atoms with Gasteiger partial charge in [0.1, 0.15) is 0 Å². The summed E-state index contributed by atoms with van der Waals surface area (Å²) in [6.45, 7) is 3.70. The third kappa shape index (κ3) is 2.37. The Hall–Kier alpha value is -2.42. The van der Waals surface area contributed by atoms with Gasteiger partial charge in [0, 0.05) is 24.7 Å². The van der Waals surface area contributed by atoms with Gasteiger partial charge in [0.05, 0.1) is 0 Å². The van der Waals surface area contributed by atoms with E-state index < -0.39 is 11.6 Å². The molecular formula is C20H17F2N. The monoisotopic (exact) mass is 309 g/mol. The third-order valence-corrected chi connectivity index (χ3v) is 4.63. The molecule has 1 unspecified atom stereocenters. The predicted molar refractivity (Wildman–Crippen MR) is 89.8 cm³/mol. The van der Waals surface area contributed by atoms with E-state index in [9.17, 15) is 8.78 Å². The van der Waals surface area contributed by atoms with Crippen molar-refractivity contribution in [3.8, 4) is 0 Å². The minimum atomic E-state index is -0.796. The molecule has 0 fully saturated rings. The van der Waals surface area contributed by atoms with Crippen LogP contribution in [-0.4, -0.2) is 6.54 Å². The summed E-state index contributed by atoms with van der Waals surface area (Å²) >= 11 is 0.